The molecule has 0 aliphatic heterocycles. The monoisotopic (exact) mass is 123 g/mol. The number of hydrogen-bond donors (Lipinski definition) is 0. The van der Waals surface area contributed by atoms with Gasteiger partial charge in [0.15, 0.2) is 0 Å². The fourth-order valence-electron chi connectivity index (χ4n) is 0.448. The summed E-state index contributed by atoms with van der Waals surface area (Å²) in [4.78, 5) is 7.70. The van der Waals surface area contributed by atoms with Crippen LogP contribution in [0.2, 0.25) is 0 Å². The van der Waals surface area contributed by atoms with Crippen molar-refractivity contribution in [1.82, 2.24) is 9.97 Å². The highest BCUT2D eigenvalue weighted by molar-refractivity contribution is 5.08. The van der Waals surface area contributed by atoms with Gasteiger partial charge in [-0.25, -0.2) is 4.98 Å². The highest BCUT2D eigenvalue weighted by atomic mass is 16.5. The molecule has 0 amide bonds. The van der Waals surface area contributed by atoms with Crippen molar-refractivity contribution in [2.75, 3.05) is 7.11 Å². The van der Waals surface area contributed by atoms with E-state index >= 15 is 0 Å². The molecule has 1 radical (unpaired) electrons. The van der Waals surface area contributed by atoms with Gasteiger partial charge in [-0.2, -0.15) is 0 Å². The third kappa shape index (κ3) is 1.38. The summed E-state index contributed by atoms with van der Waals surface area (Å²) in [5, 5.41) is 0. The number of hydrogen-bond acceptors (Lipinski definition) is 3. The quantitative estimate of drug-likeness (QED) is 0.550. The Bertz CT molecular complexity index is 183. The van der Waals surface area contributed by atoms with Crippen LogP contribution in [0.1, 0.15) is 5.69 Å². The SMILES string of the molecule is [CH2]c1cnc(OC)cn1. The Hall–Kier alpha value is -1.12. The zero-order valence-electron chi connectivity index (χ0n) is 5.16. The Balaban J connectivity index is 2.88. The van der Waals surface area contributed by atoms with E-state index in [4.69, 9.17) is 4.74 Å². The Labute approximate surface area is 53.7 Å². The maximum Gasteiger partial charge on any atom is 0.231 e. The molecule has 47 valence electrons. The fraction of sp³-hybridized carbons (Fsp3) is 0.167. The molecule has 0 fully saturated rings. The minimum atomic E-state index is 0.516. The molecule has 0 saturated heterocycles. The van der Waals surface area contributed by atoms with E-state index in [1.54, 1.807) is 13.3 Å². The summed E-state index contributed by atoms with van der Waals surface area (Å²) in [5.74, 6) is 0.516. The molecule has 0 aromatic carbocycles. The van der Waals surface area contributed by atoms with Crippen molar-refractivity contribution in [1.29, 1.82) is 0 Å². The van der Waals surface area contributed by atoms with Crippen LogP contribution in [0, 0.1) is 6.92 Å². The van der Waals surface area contributed by atoms with Crippen molar-refractivity contribution < 1.29 is 4.74 Å². The smallest absolute Gasteiger partial charge is 0.231 e. The van der Waals surface area contributed by atoms with Gasteiger partial charge >= 0.3 is 0 Å². The van der Waals surface area contributed by atoms with Crippen LogP contribution in [0.25, 0.3) is 0 Å². The summed E-state index contributed by atoms with van der Waals surface area (Å²) in [7, 11) is 1.55. The van der Waals surface area contributed by atoms with E-state index in [0.29, 0.717) is 11.6 Å². The van der Waals surface area contributed by atoms with Gasteiger partial charge in [0, 0.05) is 0 Å². The Morgan fingerprint density at radius 2 is 2.22 bits per heavy atom. The van der Waals surface area contributed by atoms with E-state index in [9.17, 15) is 0 Å². The number of nitrogens with zero attached hydrogens (tertiary/aromatic N) is 2. The number of ether oxygens (including phenoxy) is 1. The molecule has 0 unspecified atom stereocenters. The molecule has 0 aliphatic carbocycles. The molecule has 0 aliphatic rings. The summed E-state index contributed by atoms with van der Waals surface area (Å²) in [6.45, 7) is 3.57. The van der Waals surface area contributed by atoms with E-state index in [1.807, 2.05) is 0 Å². The van der Waals surface area contributed by atoms with Gasteiger partial charge in [-0.1, -0.05) is 0 Å². The first-order chi connectivity index (χ1) is 4.33. The molecule has 3 nitrogen and oxygen atoms in total. The summed E-state index contributed by atoms with van der Waals surface area (Å²) in [6.07, 6.45) is 3.08. The zero-order valence-corrected chi connectivity index (χ0v) is 5.16. The Kier molecular flexibility index (Phi) is 1.63. The Morgan fingerprint density at radius 1 is 1.44 bits per heavy atom. The second kappa shape index (κ2) is 2.44. The first kappa shape index (κ1) is 6.01. The van der Waals surface area contributed by atoms with Gasteiger partial charge < -0.3 is 4.74 Å². The molecule has 0 spiro atoms. The molecule has 3 heteroatoms. The van der Waals surface area contributed by atoms with Gasteiger partial charge in [-0.05, 0) is 6.92 Å². The van der Waals surface area contributed by atoms with Gasteiger partial charge in [0.2, 0.25) is 5.88 Å². The van der Waals surface area contributed by atoms with Crippen LogP contribution < -0.4 is 4.74 Å². The molecular weight excluding hydrogens is 116 g/mol. The lowest BCUT2D eigenvalue weighted by Crippen LogP contribution is -1.88. The van der Waals surface area contributed by atoms with Crippen molar-refractivity contribution in [3.63, 3.8) is 0 Å². The van der Waals surface area contributed by atoms with Crippen LogP contribution >= 0.6 is 0 Å². The van der Waals surface area contributed by atoms with Crippen molar-refractivity contribution in [3.05, 3.63) is 25.0 Å². The van der Waals surface area contributed by atoms with Gasteiger partial charge in [0.05, 0.1) is 25.2 Å². The van der Waals surface area contributed by atoms with E-state index in [0.717, 1.165) is 0 Å². The molecular formula is C6H7N2O. The van der Waals surface area contributed by atoms with Crippen molar-refractivity contribution >= 4 is 0 Å². The summed E-state index contributed by atoms with van der Waals surface area (Å²) >= 11 is 0. The first-order valence-electron chi connectivity index (χ1n) is 2.51. The van der Waals surface area contributed by atoms with Crippen LogP contribution in [0.4, 0.5) is 0 Å². The molecule has 0 saturated carbocycles. The van der Waals surface area contributed by atoms with Crippen LogP contribution in [0.5, 0.6) is 5.88 Å². The largest absolute Gasteiger partial charge is 0.480 e. The number of aromatic nitrogens is 2. The van der Waals surface area contributed by atoms with Gasteiger partial charge in [-0.3, -0.25) is 4.98 Å². The third-order valence-electron chi connectivity index (χ3n) is 0.891. The molecule has 1 rings (SSSR count). The van der Waals surface area contributed by atoms with Crippen LogP contribution in [-0.4, -0.2) is 17.1 Å². The predicted molar refractivity (Wildman–Crippen MR) is 33.0 cm³/mol. The van der Waals surface area contributed by atoms with Crippen LogP contribution in [0.3, 0.4) is 0 Å². The lowest BCUT2D eigenvalue weighted by molar-refractivity contribution is 0.395. The van der Waals surface area contributed by atoms with Gasteiger partial charge in [0.1, 0.15) is 0 Å². The lowest BCUT2D eigenvalue weighted by Gasteiger charge is -1.94. The average molecular weight is 123 g/mol. The van der Waals surface area contributed by atoms with Crippen molar-refractivity contribution in [2.45, 2.75) is 0 Å². The first-order valence-corrected chi connectivity index (χ1v) is 2.51. The number of methoxy groups -OCH3 is 1. The molecule has 9 heavy (non-hydrogen) atoms. The summed E-state index contributed by atoms with van der Waals surface area (Å²) < 4.78 is 4.77. The minimum Gasteiger partial charge on any atom is -0.480 e. The van der Waals surface area contributed by atoms with E-state index in [2.05, 4.69) is 16.9 Å². The maximum atomic E-state index is 4.77. The number of rotatable bonds is 1. The van der Waals surface area contributed by atoms with Gasteiger partial charge in [0.25, 0.3) is 0 Å². The third-order valence-corrected chi connectivity index (χ3v) is 0.891. The van der Waals surface area contributed by atoms with E-state index in [-0.39, 0.29) is 0 Å². The van der Waals surface area contributed by atoms with E-state index < -0.39 is 0 Å². The summed E-state index contributed by atoms with van der Waals surface area (Å²) in [5.41, 5.74) is 0.649. The highest BCUT2D eigenvalue weighted by Crippen LogP contribution is 2.00. The normalized spacial score (nSPS) is 9.11. The topological polar surface area (TPSA) is 35.0 Å². The zero-order chi connectivity index (χ0) is 6.69. The van der Waals surface area contributed by atoms with Gasteiger partial charge in [-0.15, -0.1) is 0 Å². The Morgan fingerprint density at radius 3 is 2.67 bits per heavy atom. The summed E-state index contributed by atoms with van der Waals surface area (Å²) in [6, 6.07) is 0. The average Bonchev–Trinajstić information content (AvgIpc) is 1.90. The predicted octanol–water partition coefficient (Wildman–Crippen LogP) is 0.667. The molecule has 1 heterocycles. The second-order valence-electron chi connectivity index (χ2n) is 1.55. The molecule has 0 atom stereocenters. The lowest BCUT2D eigenvalue weighted by atomic mass is 10.5. The molecule has 1 aromatic rings. The standard InChI is InChI=1S/C6H7N2O/c1-5-3-8-6(9-2)4-7-5/h3-4H,1H2,2H3. The van der Waals surface area contributed by atoms with Crippen molar-refractivity contribution in [3.8, 4) is 5.88 Å². The van der Waals surface area contributed by atoms with Crippen LogP contribution in [-0.2, 0) is 0 Å². The maximum absolute atomic E-state index is 4.77. The fourth-order valence-corrected chi connectivity index (χ4v) is 0.448. The van der Waals surface area contributed by atoms with Crippen molar-refractivity contribution in [2.24, 2.45) is 0 Å². The van der Waals surface area contributed by atoms with Crippen LogP contribution in [0.15, 0.2) is 12.4 Å². The molecule has 0 bridgehead atoms. The molecule has 1 aromatic heterocycles. The second-order valence-corrected chi connectivity index (χ2v) is 1.55. The highest BCUT2D eigenvalue weighted by Gasteiger charge is 1.88. The molecule has 0 N–H and O–H groups in total. The van der Waals surface area contributed by atoms with E-state index in [1.165, 1.54) is 6.20 Å². The minimum absolute atomic E-state index is 0.516.